The highest BCUT2D eigenvalue weighted by Gasteiger charge is 2.51. The van der Waals surface area contributed by atoms with Crippen molar-refractivity contribution in [1.29, 1.82) is 0 Å². The van der Waals surface area contributed by atoms with Crippen LogP contribution in [0, 0.1) is 11.3 Å². The number of imide groups is 1. The summed E-state index contributed by atoms with van der Waals surface area (Å²) in [5.74, 6) is 0.865. The number of ether oxygens (including phenoxy) is 1. The summed E-state index contributed by atoms with van der Waals surface area (Å²) >= 11 is 0. The molecule has 0 N–H and O–H groups in total. The largest absolute Gasteiger partial charge is 0.385 e. The lowest BCUT2D eigenvalue weighted by atomic mass is 9.70. The van der Waals surface area contributed by atoms with E-state index in [-0.39, 0.29) is 17.2 Å². The molecule has 2 amide bonds. The number of carbonyl (C=O) groups excluding carboxylic acids is 2. The van der Waals surface area contributed by atoms with Gasteiger partial charge in [-0.15, -0.1) is 0 Å². The summed E-state index contributed by atoms with van der Waals surface area (Å²) in [4.78, 5) is 26.3. The van der Waals surface area contributed by atoms with Gasteiger partial charge in [0.2, 0.25) is 11.8 Å². The van der Waals surface area contributed by atoms with Crippen molar-refractivity contribution in [1.82, 2.24) is 4.90 Å². The fourth-order valence-corrected chi connectivity index (χ4v) is 3.48. The first-order valence-electron chi connectivity index (χ1n) is 7.93. The molecule has 4 heteroatoms. The van der Waals surface area contributed by atoms with Gasteiger partial charge in [0.05, 0.1) is 5.41 Å². The van der Waals surface area contributed by atoms with Crippen molar-refractivity contribution in [2.24, 2.45) is 11.3 Å². The SMILES string of the molecule is COCCCCCN1C(=O)CC2(CCC(C)CC2)C1=O. The molecular formula is C16H27NO3. The molecule has 0 aromatic carbocycles. The highest BCUT2D eigenvalue weighted by molar-refractivity contribution is 6.05. The number of amides is 2. The van der Waals surface area contributed by atoms with E-state index in [1.165, 1.54) is 4.90 Å². The molecule has 0 atom stereocenters. The van der Waals surface area contributed by atoms with Gasteiger partial charge in [0.1, 0.15) is 0 Å². The third-order valence-electron chi connectivity index (χ3n) is 4.95. The monoisotopic (exact) mass is 281 g/mol. The first-order valence-corrected chi connectivity index (χ1v) is 7.93. The molecule has 1 saturated heterocycles. The van der Waals surface area contributed by atoms with Gasteiger partial charge in [-0.1, -0.05) is 6.92 Å². The molecule has 0 radical (unpaired) electrons. The van der Waals surface area contributed by atoms with Gasteiger partial charge >= 0.3 is 0 Å². The Kier molecular flexibility index (Phi) is 5.19. The zero-order chi connectivity index (χ0) is 14.6. The van der Waals surface area contributed by atoms with Gasteiger partial charge in [-0.05, 0) is 50.9 Å². The van der Waals surface area contributed by atoms with Gasteiger partial charge in [-0.2, -0.15) is 0 Å². The van der Waals surface area contributed by atoms with Crippen LogP contribution in [-0.2, 0) is 14.3 Å². The van der Waals surface area contributed by atoms with Crippen molar-refractivity contribution in [3.63, 3.8) is 0 Å². The third-order valence-corrected chi connectivity index (χ3v) is 4.95. The molecule has 1 aliphatic heterocycles. The zero-order valence-electron chi connectivity index (χ0n) is 12.8. The molecule has 1 heterocycles. The number of unbranched alkanes of at least 4 members (excludes halogenated alkanes) is 2. The molecule has 0 aromatic heterocycles. The number of likely N-dealkylation sites (tertiary alicyclic amines) is 1. The fraction of sp³-hybridized carbons (Fsp3) is 0.875. The molecular weight excluding hydrogens is 254 g/mol. The van der Waals surface area contributed by atoms with Crippen molar-refractivity contribution in [3.05, 3.63) is 0 Å². The Morgan fingerprint density at radius 1 is 1.20 bits per heavy atom. The Labute approximate surface area is 121 Å². The number of carbonyl (C=O) groups is 2. The summed E-state index contributed by atoms with van der Waals surface area (Å²) in [6, 6.07) is 0. The number of hydrogen-bond acceptors (Lipinski definition) is 3. The maximum atomic E-state index is 12.6. The van der Waals surface area contributed by atoms with Crippen molar-refractivity contribution >= 4 is 11.8 Å². The quantitative estimate of drug-likeness (QED) is 0.555. The second-order valence-electron chi connectivity index (χ2n) is 6.54. The van der Waals surface area contributed by atoms with E-state index in [4.69, 9.17) is 4.74 Å². The summed E-state index contributed by atoms with van der Waals surface area (Å²) in [5.41, 5.74) is -0.337. The molecule has 2 fully saturated rings. The molecule has 2 rings (SSSR count). The molecule has 1 aliphatic carbocycles. The van der Waals surface area contributed by atoms with E-state index < -0.39 is 0 Å². The molecule has 0 bridgehead atoms. The zero-order valence-corrected chi connectivity index (χ0v) is 12.8. The summed E-state index contributed by atoms with van der Waals surface area (Å²) in [7, 11) is 1.70. The molecule has 0 aromatic rings. The molecule has 1 saturated carbocycles. The minimum absolute atomic E-state index is 0.0521. The second kappa shape index (κ2) is 6.70. The second-order valence-corrected chi connectivity index (χ2v) is 6.54. The van der Waals surface area contributed by atoms with Crippen molar-refractivity contribution in [3.8, 4) is 0 Å². The molecule has 0 unspecified atom stereocenters. The minimum atomic E-state index is -0.337. The van der Waals surface area contributed by atoms with Gasteiger partial charge in [0, 0.05) is 26.7 Å². The third kappa shape index (κ3) is 3.22. The van der Waals surface area contributed by atoms with Gasteiger partial charge in [-0.3, -0.25) is 14.5 Å². The highest BCUT2D eigenvalue weighted by Crippen LogP contribution is 2.46. The van der Waals surface area contributed by atoms with Gasteiger partial charge in [-0.25, -0.2) is 0 Å². The fourth-order valence-electron chi connectivity index (χ4n) is 3.48. The Bertz CT molecular complexity index is 359. The Morgan fingerprint density at radius 3 is 2.55 bits per heavy atom. The average molecular weight is 281 g/mol. The van der Waals surface area contributed by atoms with Crippen LogP contribution in [-0.4, -0.2) is 37.0 Å². The summed E-state index contributed by atoms with van der Waals surface area (Å²) in [5, 5.41) is 0. The molecule has 2 aliphatic rings. The number of rotatable bonds is 6. The predicted octanol–water partition coefficient (Wildman–Crippen LogP) is 2.76. The van der Waals surface area contributed by atoms with Crippen LogP contribution in [0.3, 0.4) is 0 Å². The lowest BCUT2D eigenvalue weighted by Gasteiger charge is -2.33. The Balaban J connectivity index is 1.85. The average Bonchev–Trinajstić information content (AvgIpc) is 2.66. The van der Waals surface area contributed by atoms with Crippen molar-refractivity contribution in [2.75, 3.05) is 20.3 Å². The van der Waals surface area contributed by atoms with Crippen LogP contribution >= 0.6 is 0 Å². The predicted molar refractivity (Wildman–Crippen MR) is 77.1 cm³/mol. The Morgan fingerprint density at radius 2 is 1.90 bits per heavy atom. The standard InChI is InChI=1S/C16H27NO3/c1-13-6-8-16(9-7-13)12-14(18)17(15(16)19)10-4-3-5-11-20-2/h13H,3-12H2,1-2H3. The van der Waals surface area contributed by atoms with Gasteiger partial charge in [0.15, 0.2) is 0 Å². The first-order chi connectivity index (χ1) is 9.59. The smallest absolute Gasteiger partial charge is 0.235 e. The molecule has 114 valence electrons. The topological polar surface area (TPSA) is 46.6 Å². The summed E-state index contributed by atoms with van der Waals surface area (Å²) < 4.78 is 5.01. The van der Waals surface area contributed by atoms with Crippen LogP contribution in [0.4, 0.5) is 0 Å². The summed E-state index contributed by atoms with van der Waals surface area (Å²) in [6.45, 7) is 3.59. The van der Waals surface area contributed by atoms with Gasteiger partial charge < -0.3 is 4.74 Å². The minimum Gasteiger partial charge on any atom is -0.385 e. The highest BCUT2D eigenvalue weighted by atomic mass is 16.5. The van der Waals surface area contributed by atoms with Crippen LogP contribution in [0.2, 0.25) is 0 Å². The Hall–Kier alpha value is -0.900. The van der Waals surface area contributed by atoms with Crippen LogP contribution in [0.1, 0.15) is 58.3 Å². The van der Waals surface area contributed by atoms with Crippen LogP contribution < -0.4 is 0 Å². The number of nitrogens with zero attached hydrogens (tertiary/aromatic N) is 1. The van der Waals surface area contributed by atoms with E-state index in [0.29, 0.717) is 18.9 Å². The molecule has 1 spiro atoms. The van der Waals surface area contributed by atoms with E-state index in [1.807, 2.05) is 0 Å². The van der Waals surface area contributed by atoms with Crippen molar-refractivity contribution in [2.45, 2.75) is 58.3 Å². The number of methoxy groups -OCH3 is 1. The van der Waals surface area contributed by atoms with Crippen LogP contribution in [0.5, 0.6) is 0 Å². The lowest BCUT2D eigenvalue weighted by molar-refractivity contribution is -0.142. The summed E-state index contributed by atoms with van der Waals surface area (Å²) in [6.07, 6.45) is 7.33. The maximum absolute atomic E-state index is 12.6. The van der Waals surface area contributed by atoms with E-state index in [2.05, 4.69) is 6.92 Å². The maximum Gasteiger partial charge on any atom is 0.235 e. The van der Waals surface area contributed by atoms with Crippen molar-refractivity contribution < 1.29 is 14.3 Å². The van der Waals surface area contributed by atoms with Gasteiger partial charge in [0.25, 0.3) is 0 Å². The molecule has 20 heavy (non-hydrogen) atoms. The van der Waals surface area contributed by atoms with Crippen LogP contribution in [0.25, 0.3) is 0 Å². The van der Waals surface area contributed by atoms with E-state index in [9.17, 15) is 9.59 Å². The lowest BCUT2D eigenvalue weighted by Crippen LogP contribution is -2.38. The normalized spacial score (nSPS) is 30.5. The van der Waals surface area contributed by atoms with E-state index in [1.54, 1.807) is 7.11 Å². The van der Waals surface area contributed by atoms with E-state index in [0.717, 1.165) is 51.6 Å². The molecule has 4 nitrogen and oxygen atoms in total. The first kappa shape index (κ1) is 15.5. The van der Waals surface area contributed by atoms with Crippen LogP contribution in [0.15, 0.2) is 0 Å². The number of hydrogen-bond donors (Lipinski definition) is 0. The van der Waals surface area contributed by atoms with E-state index >= 15 is 0 Å².